The summed E-state index contributed by atoms with van der Waals surface area (Å²) < 4.78 is 6.52. The second kappa shape index (κ2) is 3.97. The zero-order valence-electron chi connectivity index (χ0n) is 7.51. The first-order valence-electron chi connectivity index (χ1n) is 4.21. The molecule has 1 nitrogen and oxygen atoms in total. The lowest BCUT2D eigenvalue weighted by molar-refractivity contribution is 0.345. The van der Waals surface area contributed by atoms with Crippen molar-refractivity contribution < 1.29 is 4.74 Å². The molecule has 1 heterocycles. The van der Waals surface area contributed by atoms with Crippen molar-refractivity contribution in [2.45, 2.75) is 6.92 Å². The van der Waals surface area contributed by atoms with Gasteiger partial charge in [0.25, 0.3) is 0 Å². The normalized spacial score (nSPS) is 10.8. The van der Waals surface area contributed by atoms with Crippen molar-refractivity contribution >= 4 is 44.6 Å². The molecule has 0 aliphatic heterocycles. The molecule has 0 N–H and O–H groups in total. The van der Waals surface area contributed by atoms with Crippen LogP contribution < -0.4 is 4.74 Å². The van der Waals surface area contributed by atoms with Gasteiger partial charge in [0.2, 0.25) is 0 Å². The Bertz CT molecular complexity index is 464. The summed E-state index contributed by atoms with van der Waals surface area (Å²) in [5, 5.41) is 4.23. The highest BCUT2D eigenvalue weighted by Gasteiger charge is 2.09. The summed E-state index contributed by atoms with van der Waals surface area (Å²) in [4.78, 5) is 0. The molecule has 2 aromatic rings. The van der Waals surface area contributed by atoms with Crippen LogP contribution in [0, 0.1) is 0 Å². The molecule has 0 aliphatic carbocycles. The van der Waals surface area contributed by atoms with Gasteiger partial charge in [-0.15, -0.1) is 11.3 Å². The molecule has 0 atom stereocenters. The third-order valence-corrected chi connectivity index (χ3v) is 3.28. The van der Waals surface area contributed by atoms with Crippen LogP contribution in [-0.4, -0.2) is 6.61 Å². The lowest BCUT2D eigenvalue weighted by atomic mass is 10.2. The van der Waals surface area contributed by atoms with Gasteiger partial charge >= 0.3 is 0 Å². The van der Waals surface area contributed by atoms with Crippen LogP contribution in [0.2, 0.25) is 10.0 Å². The fourth-order valence-corrected chi connectivity index (χ4v) is 2.97. The molecule has 0 fully saturated rings. The van der Waals surface area contributed by atoms with Gasteiger partial charge < -0.3 is 4.74 Å². The number of thiophene rings is 1. The molecule has 0 unspecified atom stereocenters. The van der Waals surface area contributed by atoms with Gasteiger partial charge in [-0.3, -0.25) is 0 Å². The minimum Gasteiger partial charge on any atom is -0.492 e. The minimum absolute atomic E-state index is 0.644. The molecule has 0 radical (unpaired) electrons. The van der Waals surface area contributed by atoms with Crippen molar-refractivity contribution in [3.8, 4) is 5.75 Å². The molecule has 0 aliphatic rings. The van der Waals surface area contributed by atoms with Crippen LogP contribution in [0.4, 0.5) is 0 Å². The molecule has 0 bridgehead atoms. The molecular weight excluding hydrogens is 239 g/mol. The lowest BCUT2D eigenvalue weighted by Crippen LogP contribution is -1.89. The average Bonchev–Trinajstić information content (AvgIpc) is 2.49. The third kappa shape index (κ3) is 1.70. The van der Waals surface area contributed by atoms with E-state index in [1.54, 1.807) is 17.4 Å². The van der Waals surface area contributed by atoms with Crippen LogP contribution in [0.5, 0.6) is 5.75 Å². The first kappa shape index (κ1) is 10.1. The Balaban J connectivity index is 2.66. The van der Waals surface area contributed by atoms with E-state index in [-0.39, 0.29) is 0 Å². The molecule has 14 heavy (non-hydrogen) atoms. The maximum atomic E-state index is 6.09. The van der Waals surface area contributed by atoms with Crippen molar-refractivity contribution in [3.05, 3.63) is 27.6 Å². The molecule has 74 valence electrons. The summed E-state index contributed by atoms with van der Waals surface area (Å²) in [6, 6.07) is 3.64. The third-order valence-electron chi connectivity index (χ3n) is 1.86. The Hall–Kier alpha value is -0.440. The summed E-state index contributed by atoms with van der Waals surface area (Å²) in [6.07, 6.45) is 0. The quantitative estimate of drug-likeness (QED) is 0.753. The van der Waals surface area contributed by atoms with Crippen LogP contribution in [0.15, 0.2) is 17.5 Å². The highest BCUT2D eigenvalue weighted by atomic mass is 35.5. The Morgan fingerprint density at radius 3 is 2.86 bits per heavy atom. The van der Waals surface area contributed by atoms with Gasteiger partial charge in [0, 0.05) is 15.1 Å². The van der Waals surface area contributed by atoms with Gasteiger partial charge in [-0.25, -0.2) is 0 Å². The highest BCUT2D eigenvalue weighted by molar-refractivity contribution is 7.17. The molecule has 1 aromatic carbocycles. The number of benzene rings is 1. The van der Waals surface area contributed by atoms with Gasteiger partial charge in [-0.2, -0.15) is 0 Å². The Kier molecular flexibility index (Phi) is 2.86. The minimum atomic E-state index is 0.644. The SMILES string of the molecule is CCOc1csc2cc(Cl)cc(Cl)c12. The van der Waals surface area contributed by atoms with Crippen molar-refractivity contribution in [3.63, 3.8) is 0 Å². The summed E-state index contributed by atoms with van der Waals surface area (Å²) in [6.45, 7) is 2.60. The summed E-state index contributed by atoms with van der Waals surface area (Å²) in [5.41, 5.74) is 0. The number of hydrogen-bond acceptors (Lipinski definition) is 2. The molecule has 2 rings (SSSR count). The van der Waals surface area contributed by atoms with Crippen molar-refractivity contribution in [1.82, 2.24) is 0 Å². The van der Waals surface area contributed by atoms with E-state index < -0.39 is 0 Å². The van der Waals surface area contributed by atoms with Crippen LogP contribution in [0.3, 0.4) is 0 Å². The predicted octanol–water partition coefficient (Wildman–Crippen LogP) is 4.61. The van der Waals surface area contributed by atoms with Gasteiger partial charge in [0.1, 0.15) is 5.75 Å². The van der Waals surface area contributed by atoms with E-state index in [9.17, 15) is 0 Å². The molecule has 0 saturated heterocycles. The van der Waals surface area contributed by atoms with Gasteiger partial charge in [-0.05, 0) is 19.1 Å². The first-order chi connectivity index (χ1) is 6.72. The smallest absolute Gasteiger partial charge is 0.139 e. The fourth-order valence-electron chi connectivity index (χ4n) is 1.32. The van der Waals surface area contributed by atoms with E-state index in [2.05, 4.69) is 0 Å². The van der Waals surface area contributed by atoms with Crippen LogP contribution in [-0.2, 0) is 0 Å². The number of ether oxygens (including phenoxy) is 1. The molecule has 0 saturated carbocycles. The van der Waals surface area contributed by atoms with Crippen molar-refractivity contribution in [2.75, 3.05) is 6.61 Å². The van der Waals surface area contributed by atoms with E-state index in [4.69, 9.17) is 27.9 Å². The van der Waals surface area contributed by atoms with Gasteiger partial charge in [0.15, 0.2) is 0 Å². The Morgan fingerprint density at radius 2 is 2.14 bits per heavy atom. The number of fused-ring (bicyclic) bond motifs is 1. The Labute approximate surface area is 96.2 Å². The molecule has 1 aromatic heterocycles. The number of hydrogen-bond donors (Lipinski definition) is 0. The van der Waals surface area contributed by atoms with E-state index in [0.29, 0.717) is 16.7 Å². The van der Waals surface area contributed by atoms with E-state index >= 15 is 0 Å². The second-order valence-corrected chi connectivity index (χ2v) is 4.55. The molecule has 0 spiro atoms. The summed E-state index contributed by atoms with van der Waals surface area (Å²) in [7, 11) is 0. The lowest BCUT2D eigenvalue weighted by Gasteiger charge is -2.02. The van der Waals surface area contributed by atoms with Gasteiger partial charge in [0.05, 0.1) is 17.0 Å². The molecular formula is C10H8Cl2OS. The maximum absolute atomic E-state index is 6.09. The van der Waals surface area contributed by atoms with Crippen LogP contribution in [0.25, 0.3) is 10.1 Å². The first-order valence-corrected chi connectivity index (χ1v) is 5.85. The topological polar surface area (TPSA) is 9.23 Å². The van der Waals surface area contributed by atoms with Crippen molar-refractivity contribution in [2.24, 2.45) is 0 Å². The van der Waals surface area contributed by atoms with E-state index in [1.807, 2.05) is 18.4 Å². The van der Waals surface area contributed by atoms with E-state index in [0.717, 1.165) is 15.8 Å². The van der Waals surface area contributed by atoms with Gasteiger partial charge in [-0.1, -0.05) is 23.2 Å². The fraction of sp³-hybridized carbons (Fsp3) is 0.200. The molecule has 4 heteroatoms. The Morgan fingerprint density at radius 1 is 1.36 bits per heavy atom. The predicted molar refractivity (Wildman–Crippen MR) is 63.0 cm³/mol. The monoisotopic (exact) mass is 246 g/mol. The van der Waals surface area contributed by atoms with Crippen LogP contribution in [0.1, 0.15) is 6.92 Å². The number of rotatable bonds is 2. The number of halogens is 2. The van der Waals surface area contributed by atoms with Crippen LogP contribution >= 0.6 is 34.5 Å². The second-order valence-electron chi connectivity index (χ2n) is 2.79. The average molecular weight is 247 g/mol. The largest absolute Gasteiger partial charge is 0.492 e. The highest BCUT2D eigenvalue weighted by Crippen LogP contribution is 2.39. The zero-order valence-corrected chi connectivity index (χ0v) is 9.84. The molecule has 0 amide bonds. The zero-order chi connectivity index (χ0) is 10.1. The summed E-state index contributed by atoms with van der Waals surface area (Å²) >= 11 is 13.6. The van der Waals surface area contributed by atoms with Crippen molar-refractivity contribution in [1.29, 1.82) is 0 Å². The maximum Gasteiger partial charge on any atom is 0.139 e. The standard InChI is InChI=1S/C10H8Cl2OS/c1-2-13-8-5-14-9-4-6(11)3-7(12)10(8)9/h3-5H,2H2,1H3. The van der Waals surface area contributed by atoms with E-state index in [1.165, 1.54) is 0 Å². The summed E-state index contributed by atoms with van der Waals surface area (Å²) in [5.74, 6) is 0.842.